The van der Waals surface area contributed by atoms with E-state index in [0.29, 0.717) is 0 Å². The molecule has 1 saturated carbocycles. The number of rotatable bonds is 1. The number of aromatic nitrogens is 2. The van der Waals surface area contributed by atoms with E-state index in [2.05, 4.69) is 10.1 Å². The Morgan fingerprint density at radius 1 is 1.05 bits per heavy atom. The fourth-order valence-corrected chi connectivity index (χ4v) is 4.64. The molecule has 0 N–H and O–H groups in total. The van der Waals surface area contributed by atoms with Gasteiger partial charge in [0.05, 0.1) is 5.39 Å². The molecular formula is C16H19N3OS. The molecule has 110 valence electrons. The number of nitrogens with zero attached hydrogens (tertiary/aromatic N) is 3. The van der Waals surface area contributed by atoms with Gasteiger partial charge in [-0.2, -0.15) is 9.78 Å². The van der Waals surface area contributed by atoms with Crippen molar-refractivity contribution in [2.24, 2.45) is 5.10 Å². The predicted octanol–water partition coefficient (Wildman–Crippen LogP) is 3.51. The predicted molar refractivity (Wildman–Crippen MR) is 86.4 cm³/mol. The minimum Gasteiger partial charge on any atom is -0.267 e. The quantitative estimate of drug-likeness (QED) is 0.809. The maximum atomic E-state index is 12.8. The van der Waals surface area contributed by atoms with Gasteiger partial charge in [0.25, 0.3) is 5.56 Å². The molecule has 1 fully saturated rings. The largest absolute Gasteiger partial charge is 0.282 e. The summed E-state index contributed by atoms with van der Waals surface area (Å²) >= 11 is 1.70. The molecule has 4 nitrogen and oxygen atoms in total. The summed E-state index contributed by atoms with van der Waals surface area (Å²) in [5.74, 6) is 0. The summed E-state index contributed by atoms with van der Waals surface area (Å²) in [6, 6.07) is 0. The molecule has 0 unspecified atom stereocenters. The number of fused-ring (bicyclic) bond motifs is 3. The molecule has 2 aromatic rings. The summed E-state index contributed by atoms with van der Waals surface area (Å²) in [4.78, 5) is 19.5. The lowest BCUT2D eigenvalue weighted by molar-refractivity contribution is 0.653. The van der Waals surface area contributed by atoms with Crippen LogP contribution in [0.25, 0.3) is 10.2 Å². The number of hydrogen-bond acceptors (Lipinski definition) is 4. The van der Waals surface area contributed by atoms with Crippen molar-refractivity contribution in [1.82, 2.24) is 9.66 Å². The van der Waals surface area contributed by atoms with Gasteiger partial charge in [-0.25, -0.2) is 4.98 Å². The van der Waals surface area contributed by atoms with Crippen molar-refractivity contribution in [3.05, 3.63) is 27.1 Å². The second kappa shape index (κ2) is 5.37. The Hall–Kier alpha value is -1.49. The van der Waals surface area contributed by atoms with Crippen molar-refractivity contribution in [3.8, 4) is 0 Å². The Labute approximate surface area is 127 Å². The van der Waals surface area contributed by atoms with Crippen LogP contribution in [0, 0.1) is 0 Å². The van der Waals surface area contributed by atoms with E-state index < -0.39 is 0 Å². The standard InChI is InChI=1S/C16H19N3OS/c20-16-14-12-8-4-5-9-13(12)21-15(14)17-10-19(16)18-11-6-2-1-3-7-11/h10H,1-9H2. The van der Waals surface area contributed by atoms with Gasteiger partial charge in [0, 0.05) is 10.6 Å². The van der Waals surface area contributed by atoms with Crippen LogP contribution in [-0.2, 0) is 12.8 Å². The van der Waals surface area contributed by atoms with Crippen molar-refractivity contribution in [1.29, 1.82) is 0 Å². The van der Waals surface area contributed by atoms with Gasteiger partial charge >= 0.3 is 0 Å². The van der Waals surface area contributed by atoms with Gasteiger partial charge < -0.3 is 0 Å². The lowest BCUT2D eigenvalue weighted by atomic mass is 9.97. The maximum Gasteiger partial charge on any atom is 0.282 e. The Morgan fingerprint density at radius 3 is 2.67 bits per heavy atom. The van der Waals surface area contributed by atoms with E-state index in [1.54, 1.807) is 17.7 Å². The Balaban J connectivity index is 1.84. The fraction of sp³-hybridized carbons (Fsp3) is 0.562. The zero-order valence-corrected chi connectivity index (χ0v) is 12.9. The molecule has 2 aliphatic carbocycles. The minimum absolute atomic E-state index is 0.0254. The molecule has 2 aromatic heterocycles. The second-order valence-electron chi connectivity index (χ2n) is 6.01. The van der Waals surface area contributed by atoms with E-state index in [1.165, 1.54) is 47.2 Å². The molecule has 0 spiro atoms. The van der Waals surface area contributed by atoms with Gasteiger partial charge in [-0.15, -0.1) is 11.3 Å². The third kappa shape index (κ3) is 2.33. The molecule has 5 heteroatoms. The number of thiophene rings is 1. The monoisotopic (exact) mass is 301 g/mol. The normalized spacial score (nSPS) is 18.8. The van der Waals surface area contributed by atoms with Gasteiger partial charge in [0.1, 0.15) is 11.2 Å². The highest BCUT2D eigenvalue weighted by atomic mass is 32.1. The van der Waals surface area contributed by atoms with Crippen LogP contribution >= 0.6 is 11.3 Å². The summed E-state index contributed by atoms with van der Waals surface area (Å²) < 4.78 is 1.48. The molecule has 2 heterocycles. The second-order valence-corrected chi connectivity index (χ2v) is 7.10. The van der Waals surface area contributed by atoms with Gasteiger partial charge in [0.2, 0.25) is 0 Å². The smallest absolute Gasteiger partial charge is 0.267 e. The molecule has 21 heavy (non-hydrogen) atoms. The first kappa shape index (κ1) is 13.2. The van der Waals surface area contributed by atoms with E-state index in [9.17, 15) is 4.79 Å². The Bertz CT molecular complexity index is 764. The summed E-state index contributed by atoms with van der Waals surface area (Å²) in [7, 11) is 0. The van der Waals surface area contributed by atoms with E-state index in [0.717, 1.165) is 41.6 Å². The minimum atomic E-state index is 0.0254. The van der Waals surface area contributed by atoms with Crippen LogP contribution < -0.4 is 5.56 Å². The summed E-state index contributed by atoms with van der Waals surface area (Å²) in [5, 5.41) is 5.39. The third-order valence-electron chi connectivity index (χ3n) is 4.54. The molecule has 0 radical (unpaired) electrons. The fourth-order valence-electron chi connectivity index (χ4n) is 3.42. The Morgan fingerprint density at radius 2 is 1.81 bits per heavy atom. The topological polar surface area (TPSA) is 47.2 Å². The lowest BCUT2D eigenvalue weighted by Crippen LogP contribution is -2.20. The molecule has 4 rings (SSSR count). The van der Waals surface area contributed by atoms with Crippen LogP contribution in [-0.4, -0.2) is 15.4 Å². The van der Waals surface area contributed by atoms with Gasteiger partial charge in [-0.1, -0.05) is 6.42 Å². The van der Waals surface area contributed by atoms with Crippen molar-refractivity contribution in [2.45, 2.75) is 57.8 Å². The van der Waals surface area contributed by atoms with Crippen molar-refractivity contribution >= 4 is 27.3 Å². The zero-order valence-electron chi connectivity index (χ0n) is 12.1. The van der Waals surface area contributed by atoms with Crippen LogP contribution in [0.1, 0.15) is 55.4 Å². The SMILES string of the molecule is O=c1c2c3c(sc2ncn1N=C1CCCCC1)CCCC3. The van der Waals surface area contributed by atoms with Crippen LogP contribution in [0.2, 0.25) is 0 Å². The zero-order chi connectivity index (χ0) is 14.2. The van der Waals surface area contributed by atoms with Crippen LogP contribution in [0.5, 0.6) is 0 Å². The average molecular weight is 301 g/mol. The first-order valence-electron chi connectivity index (χ1n) is 7.91. The third-order valence-corrected chi connectivity index (χ3v) is 5.74. The highest BCUT2D eigenvalue weighted by Crippen LogP contribution is 2.33. The van der Waals surface area contributed by atoms with E-state index in [-0.39, 0.29) is 5.56 Å². The molecule has 0 aromatic carbocycles. The van der Waals surface area contributed by atoms with Gasteiger partial charge in [-0.3, -0.25) is 4.79 Å². The first-order valence-corrected chi connectivity index (χ1v) is 8.73. The molecule has 2 aliphatic rings. The van der Waals surface area contributed by atoms with E-state index in [4.69, 9.17) is 0 Å². The highest BCUT2D eigenvalue weighted by Gasteiger charge is 2.20. The molecule has 0 aliphatic heterocycles. The van der Waals surface area contributed by atoms with Gasteiger partial charge in [-0.05, 0) is 56.9 Å². The number of hydrogen-bond donors (Lipinski definition) is 0. The lowest BCUT2D eigenvalue weighted by Gasteiger charge is -2.12. The molecular weight excluding hydrogens is 282 g/mol. The maximum absolute atomic E-state index is 12.8. The average Bonchev–Trinajstić information content (AvgIpc) is 2.90. The van der Waals surface area contributed by atoms with Crippen molar-refractivity contribution < 1.29 is 0 Å². The van der Waals surface area contributed by atoms with Crippen LogP contribution in [0.3, 0.4) is 0 Å². The van der Waals surface area contributed by atoms with Crippen LogP contribution in [0.4, 0.5) is 0 Å². The van der Waals surface area contributed by atoms with Gasteiger partial charge in [0.15, 0.2) is 0 Å². The molecule has 0 atom stereocenters. The molecule has 0 saturated heterocycles. The molecule has 0 bridgehead atoms. The van der Waals surface area contributed by atoms with Crippen molar-refractivity contribution in [2.75, 3.05) is 0 Å². The summed E-state index contributed by atoms with van der Waals surface area (Å²) in [6.07, 6.45) is 11.8. The van der Waals surface area contributed by atoms with E-state index >= 15 is 0 Å². The summed E-state index contributed by atoms with van der Waals surface area (Å²) in [6.45, 7) is 0. The van der Waals surface area contributed by atoms with Crippen molar-refractivity contribution in [3.63, 3.8) is 0 Å². The Kier molecular flexibility index (Phi) is 3.37. The number of aryl methyl sites for hydroxylation is 2. The van der Waals surface area contributed by atoms with E-state index in [1.807, 2.05) is 0 Å². The highest BCUT2D eigenvalue weighted by molar-refractivity contribution is 7.18. The molecule has 0 amide bonds. The van der Waals surface area contributed by atoms with Crippen LogP contribution in [0.15, 0.2) is 16.2 Å². The first-order chi connectivity index (χ1) is 10.3. The summed E-state index contributed by atoms with van der Waals surface area (Å²) in [5.41, 5.74) is 2.42.